The van der Waals surface area contributed by atoms with Gasteiger partial charge in [-0.1, -0.05) is 92.7 Å². The van der Waals surface area contributed by atoms with Crippen LogP contribution in [0.2, 0.25) is 0 Å². The maximum atomic E-state index is 11.4. The van der Waals surface area contributed by atoms with Gasteiger partial charge in [-0.05, 0) is 107 Å². The first-order valence-corrected chi connectivity index (χ1v) is 15.8. The molecule has 0 atom stereocenters. The van der Waals surface area contributed by atoms with E-state index in [-0.39, 0.29) is 11.0 Å². The molecule has 0 spiro atoms. The van der Waals surface area contributed by atoms with Crippen LogP contribution >= 0.6 is 0 Å². The molecular weight excluding hydrogens is 590 g/mol. The number of carboxylic acid groups (broad SMARTS) is 1. The van der Waals surface area contributed by atoms with Gasteiger partial charge in [0.05, 0.1) is 0 Å². The van der Waals surface area contributed by atoms with Crippen LogP contribution in [0.3, 0.4) is 0 Å². The molecule has 0 amide bonds. The van der Waals surface area contributed by atoms with Crippen molar-refractivity contribution < 1.29 is 9.90 Å². The van der Waals surface area contributed by atoms with E-state index in [9.17, 15) is 15.2 Å². The molecule has 1 N–H and O–H groups in total. The predicted octanol–water partition coefficient (Wildman–Crippen LogP) is 10.9. The van der Waals surface area contributed by atoms with E-state index < -0.39 is 5.97 Å². The molecule has 6 aromatic rings. The van der Waals surface area contributed by atoms with E-state index in [0.717, 1.165) is 34.1 Å². The first-order valence-electron chi connectivity index (χ1n) is 15.8. The lowest BCUT2D eigenvalue weighted by Crippen LogP contribution is -2.17. The largest absolute Gasteiger partial charge is 0.477 e. The van der Waals surface area contributed by atoms with Gasteiger partial charge in [0.2, 0.25) is 0 Å². The van der Waals surface area contributed by atoms with Crippen molar-refractivity contribution in [3.05, 3.63) is 174 Å². The minimum absolute atomic E-state index is 0.267. The summed E-state index contributed by atoms with van der Waals surface area (Å²) < 4.78 is 0. The van der Waals surface area contributed by atoms with Gasteiger partial charge >= 0.3 is 5.97 Å². The minimum atomic E-state index is -1.24. The van der Waals surface area contributed by atoms with Crippen LogP contribution in [0.25, 0.3) is 17.2 Å². The summed E-state index contributed by atoms with van der Waals surface area (Å²) in [5, 5.41) is 18.5. The number of rotatable bonds is 8. The number of hydrogen-bond donors (Lipinski definition) is 1. The Kier molecular flexibility index (Phi) is 7.84. The number of para-hydroxylation sites is 3. The van der Waals surface area contributed by atoms with Crippen LogP contribution < -0.4 is 9.80 Å². The second-order valence-corrected chi connectivity index (χ2v) is 12.3. The topological polar surface area (TPSA) is 67.6 Å². The van der Waals surface area contributed by atoms with E-state index >= 15 is 0 Å². The molecule has 1 aliphatic carbocycles. The quantitative estimate of drug-likeness (QED) is 0.135. The SMILES string of the molecule is CC1(C)c2cc(N(c3ccccc3)c3ccccc3)ccc2-c2ccc(N(c3ccccc3)c3ccc(/C=C(\C#N)C(=O)O)cc3)cc21. The zero-order valence-electron chi connectivity index (χ0n) is 26.7. The van der Waals surface area contributed by atoms with Gasteiger partial charge in [-0.2, -0.15) is 5.26 Å². The third-order valence-corrected chi connectivity index (χ3v) is 9.02. The zero-order valence-corrected chi connectivity index (χ0v) is 26.7. The molecule has 5 nitrogen and oxygen atoms in total. The van der Waals surface area contributed by atoms with Crippen LogP contribution in [0.5, 0.6) is 0 Å². The molecule has 232 valence electrons. The monoisotopic (exact) mass is 623 g/mol. The Morgan fingerprint density at radius 1 is 0.583 bits per heavy atom. The molecule has 0 saturated heterocycles. The van der Waals surface area contributed by atoms with Crippen molar-refractivity contribution in [2.45, 2.75) is 19.3 Å². The van der Waals surface area contributed by atoms with Gasteiger partial charge in [0.1, 0.15) is 11.6 Å². The number of carboxylic acids is 1. The second kappa shape index (κ2) is 12.4. The van der Waals surface area contributed by atoms with E-state index in [2.05, 4.69) is 121 Å². The third-order valence-electron chi connectivity index (χ3n) is 9.02. The molecule has 6 aromatic carbocycles. The number of benzene rings is 6. The van der Waals surface area contributed by atoms with E-state index in [1.165, 1.54) is 28.3 Å². The summed E-state index contributed by atoms with van der Waals surface area (Å²) in [6.45, 7) is 4.59. The highest BCUT2D eigenvalue weighted by Crippen LogP contribution is 2.52. The lowest BCUT2D eigenvalue weighted by molar-refractivity contribution is -0.132. The molecule has 0 radical (unpaired) electrons. The van der Waals surface area contributed by atoms with Crippen LogP contribution in [0.1, 0.15) is 30.5 Å². The Labute approximate surface area is 280 Å². The number of nitrogens with zero attached hydrogens (tertiary/aromatic N) is 3. The van der Waals surface area contributed by atoms with E-state index in [0.29, 0.717) is 5.56 Å². The molecule has 0 fully saturated rings. The Morgan fingerprint density at radius 2 is 0.958 bits per heavy atom. The van der Waals surface area contributed by atoms with Gasteiger partial charge in [-0.25, -0.2) is 4.79 Å². The highest BCUT2D eigenvalue weighted by molar-refractivity contribution is 5.96. The Hall–Kier alpha value is -6.38. The summed E-state index contributed by atoms with van der Waals surface area (Å²) in [6.07, 6.45) is 1.39. The normalized spacial score (nSPS) is 12.8. The molecular formula is C43H33N3O2. The highest BCUT2D eigenvalue weighted by atomic mass is 16.4. The number of anilines is 6. The molecule has 0 heterocycles. The summed E-state index contributed by atoms with van der Waals surface area (Å²) >= 11 is 0. The highest BCUT2D eigenvalue weighted by Gasteiger charge is 2.36. The maximum absolute atomic E-state index is 11.4. The fraction of sp³-hybridized carbons (Fsp3) is 0.0698. The smallest absolute Gasteiger partial charge is 0.346 e. The molecule has 0 aliphatic heterocycles. The maximum Gasteiger partial charge on any atom is 0.346 e. The summed E-state index contributed by atoms with van der Waals surface area (Å²) in [7, 11) is 0. The van der Waals surface area contributed by atoms with Gasteiger partial charge in [-0.15, -0.1) is 0 Å². The van der Waals surface area contributed by atoms with Crippen LogP contribution in [-0.2, 0) is 10.2 Å². The first-order chi connectivity index (χ1) is 23.3. The standard InChI is InChI=1S/C43H33N3O2/c1-43(2)40-27-36(45(32-12-6-3-7-13-32)33-14-8-4-9-15-33)22-24-38(40)39-25-23-37(28-41(39)43)46(34-16-10-5-11-17-34)35-20-18-30(19-21-35)26-31(29-44)42(47)48/h3-28H,1-2H3,(H,47,48)/b31-26+. The van der Waals surface area contributed by atoms with Crippen molar-refractivity contribution in [1.29, 1.82) is 5.26 Å². The molecule has 7 rings (SSSR count). The molecule has 0 unspecified atom stereocenters. The van der Waals surface area contributed by atoms with Crippen molar-refractivity contribution in [1.82, 2.24) is 0 Å². The van der Waals surface area contributed by atoms with Crippen molar-refractivity contribution in [3.63, 3.8) is 0 Å². The number of hydrogen-bond acceptors (Lipinski definition) is 4. The van der Waals surface area contributed by atoms with Crippen molar-refractivity contribution in [2.75, 3.05) is 9.80 Å². The fourth-order valence-electron chi connectivity index (χ4n) is 6.65. The average Bonchev–Trinajstić information content (AvgIpc) is 3.34. The Bertz CT molecular complexity index is 2140. The van der Waals surface area contributed by atoms with E-state index in [1.807, 2.05) is 54.6 Å². The third kappa shape index (κ3) is 5.50. The average molecular weight is 624 g/mol. The fourth-order valence-corrected chi connectivity index (χ4v) is 6.65. The van der Waals surface area contributed by atoms with Gasteiger partial charge in [0.25, 0.3) is 0 Å². The van der Waals surface area contributed by atoms with Crippen molar-refractivity contribution in [3.8, 4) is 17.2 Å². The molecule has 48 heavy (non-hydrogen) atoms. The zero-order chi connectivity index (χ0) is 33.3. The second-order valence-electron chi connectivity index (χ2n) is 12.3. The Balaban J connectivity index is 1.30. The molecule has 0 saturated carbocycles. The van der Waals surface area contributed by atoms with E-state index in [4.69, 9.17) is 0 Å². The van der Waals surface area contributed by atoms with Crippen LogP contribution in [0.15, 0.2) is 157 Å². The molecule has 1 aliphatic rings. The van der Waals surface area contributed by atoms with Gasteiger partial charge in [0.15, 0.2) is 0 Å². The van der Waals surface area contributed by atoms with Crippen LogP contribution in [0, 0.1) is 11.3 Å². The summed E-state index contributed by atoms with van der Waals surface area (Å²) in [6, 6.07) is 54.0. The number of aliphatic carboxylic acids is 1. The van der Waals surface area contributed by atoms with E-state index in [1.54, 1.807) is 6.07 Å². The number of fused-ring (bicyclic) bond motifs is 3. The van der Waals surface area contributed by atoms with Crippen LogP contribution in [0.4, 0.5) is 34.1 Å². The summed E-state index contributed by atoms with van der Waals surface area (Å²) in [5.74, 6) is -1.24. The van der Waals surface area contributed by atoms with Crippen molar-refractivity contribution >= 4 is 46.2 Å². The molecule has 5 heteroatoms. The molecule has 0 aromatic heterocycles. The number of carbonyl (C=O) groups is 1. The molecule has 0 bridgehead atoms. The Morgan fingerprint density at radius 3 is 1.33 bits per heavy atom. The lowest BCUT2D eigenvalue weighted by atomic mass is 9.82. The first kappa shape index (κ1) is 30.3. The van der Waals surface area contributed by atoms with Gasteiger partial charge in [-0.3, -0.25) is 0 Å². The summed E-state index contributed by atoms with van der Waals surface area (Å²) in [5.41, 5.74) is 11.3. The van der Waals surface area contributed by atoms with Gasteiger partial charge in [0, 0.05) is 39.5 Å². The van der Waals surface area contributed by atoms with Crippen molar-refractivity contribution in [2.24, 2.45) is 0 Å². The number of nitriles is 1. The lowest BCUT2D eigenvalue weighted by Gasteiger charge is -2.29. The van der Waals surface area contributed by atoms with Crippen LogP contribution in [-0.4, -0.2) is 11.1 Å². The minimum Gasteiger partial charge on any atom is -0.477 e. The van der Waals surface area contributed by atoms with Gasteiger partial charge < -0.3 is 14.9 Å². The summed E-state index contributed by atoms with van der Waals surface area (Å²) in [4.78, 5) is 15.9. The predicted molar refractivity (Wildman–Crippen MR) is 195 cm³/mol.